The monoisotopic (exact) mass is 269 g/mol. The average molecular weight is 269 g/mol. The molecule has 1 aromatic carbocycles. The number of nitrogens with one attached hydrogen (secondary N) is 1. The number of hydrogen-bond donors (Lipinski definition) is 2. The van der Waals surface area contributed by atoms with E-state index in [0.717, 1.165) is 6.42 Å². The van der Waals surface area contributed by atoms with Crippen LogP contribution in [-0.2, 0) is 9.92 Å². The topological polar surface area (TPSA) is 67.5 Å². The molecule has 2 atom stereocenters. The second-order valence-electron chi connectivity index (χ2n) is 4.73. The van der Waals surface area contributed by atoms with Crippen LogP contribution in [0, 0.1) is 0 Å². The summed E-state index contributed by atoms with van der Waals surface area (Å²) in [6.45, 7) is 7.91. The van der Waals surface area contributed by atoms with Crippen LogP contribution >= 0.6 is 0 Å². The minimum Gasteiger partial charge on any atom is -0.399 e. The summed E-state index contributed by atoms with van der Waals surface area (Å²) in [5, 5.41) is 0. The van der Waals surface area contributed by atoms with E-state index in [1.807, 2.05) is 27.7 Å². The second kappa shape index (κ2) is 6.20. The molecule has 18 heavy (non-hydrogen) atoms. The Morgan fingerprint density at radius 2 is 2.06 bits per heavy atom. The van der Waals surface area contributed by atoms with E-state index in [4.69, 9.17) is 5.73 Å². The molecule has 0 aliphatic heterocycles. The molecule has 1 rings (SSSR count). The van der Waals surface area contributed by atoms with Gasteiger partial charge in [0.15, 0.2) is 0 Å². The summed E-state index contributed by atoms with van der Waals surface area (Å²) in [6.07, 6.45) is 0.860. The van der Waals surface area contributed by atoms with Crippen molar-refractivity contribution in [3.05, 3.63) is 24.3 Å². The Bertz CT molecular complexity index is 505. The van der Waals surface area contributed by atoms with Gasteiger partial charge in [-0.15, -0.1) is 0 Å². The molecule has 0 bridgehead atoms. The number of nitrogens with two attached hydrogens (primary N) is 1. The molecule has 0 aromatic heterocycles. The maximum absolute atomic E-state index is 13.0. The van der Waals surface area contributed by atoms with Crippen molar-refractivity contribution in [3.63, 3.8) is 0 Å². The molecule has 0 spiro atoms. The van der Waals surface area contributed by atoms with E-state index in [0.29, 0.717) is 10.6 Å². The van der Waals surface area contributed by atoms with Crippen molar-refractivity contribution in [3.8, 4) is 0 Å². The van der Waals surface area contributed by atoms with Gasteiger partial charge in [0.05, 0.1) is 10.9 Å². The predicted octanol–water partition coefficient (Wildman–Crippen LogP) is 2.81. The second-order valence-corrected chi connectivity index (χ2v) is 6.70. The zero-order valence-corrected chi connectivity index (χ0v) is 12.3. The maximum atomic E-state index is 13.0. The van der Waals surface area contributed by atoms with Crippen molar-refractivity contribution in [2.24, 2.45) is 4.36 Å². The Balaban J connectivity index is 3.29. The number of hydrogen-bond acceptors (Lipinski definition) is 3. The smallest absolute Gasteiger partial charge is 0.137 e. The Labute approximate surface area is 110 Å². The lowest BCUT2D eigenvalue weighted by molar-refractivity contribution is 0.633. The molecular formula is C13H23N3OS. The molecule has 3 N–H and O–H groups in total. The van der Waals surface area contributed by atoms with Crippen LogP contribution in [0.2, 0.25) is 0 Å². The van der Waals surface area contributed by atoms with Crippen molar-refractivity contribution in [1.29, 1.82) is 0 Å². The maximum Gasteiger partial charge on any atom is 0.137 e. The Morgan fingerprint density at radius 3 is 2.56 bits per heavy atom. The van der Waals surface area contributed by atoms with Crippen molar-refractivity contribution in [2.75, 3.05) is 5.73 Å². The fourth-order valence-electron chi connectivity index (χ4n) is 1.49. The normalized spacial score (nSPS) is 16.3. The summed E-state index contributed by atoms with van der Waals surface area (Å²) < 4.78 is 20.5. The van der Waals surface area contributed by atoms with Crippen LogP contribution < -0.4 is 10.5 Å². The zero-order valence-electron chi connectivity index (χ0n) is 11.5. The van der Waals surface area contributed by atoms with Gasteiger partial charge in [-0.25, -0.2) is 13.3 Å². The van der Waals surface area contributed by atoms with Gasteiger partial charge in [0.25, 0.3) is 0 Å². The minimum atomic E-state index is -2.61. The van der Waals surface area contributed by atoms with Gasteiger partial charge in [-0.1, -0.05) is 13.0 Å². The summed E-state index contributed by atoms with van der Waals surface area (Å²) in [7, 11) is -2.61. The van der Waals surface area contributed by atoms with Gasteiger partial charge in [0.1, 0.15) is 9.92 Å². The van der Waals surface area contributed by atoms with E-state index < -0.39 is 9.92 Å². The summed E-state index contributed by atoms with van der Waals surface area (Å²) in [5.74, 6) is 0. The van der Waals surface area contributed by atoms with Gasteiger partial charge >= 0.3 is 0 Å². The van der Waals surface area contributed by atoms with Gasteiger partial charge in [0, 0.05) is 11.7 Å². The van der Waals surface area contributed by atoms with Crippen LogP contribution in [0.3, 0.4) is 0 Å². The lowest BCUT2D eigenvalue weighted by Gasteiger charge is -2.17. The molecule has 1 aromatic rings. The summed E-state index contributed by atoms with van der Waals surface area (Å²) >= 11 is 0. The SMILES string of the molecule is CCC(C)N=S(=O)(NC(C)C)c1cccc(N)c1. The number of nitrogen functional groups attached to an aromatic ring is 1. The van der Waals surface area contributed by atoms with E-state index in [-0.39, 0.29) is 12.1 Å². The molecule has 0 amide bonds. The highest BCUT2D eigenvalue weighted by molar-refractivity contribution is 7.91. The third-order valence-electron chi connectivity index (χ3n) is 2.49. The first-order valence-electron chi connectivity index (χ1n) is 6.26. The lowest BCUT2D eigenvalue weighted by atomic mass is 10.3. The van der Waals surface area contributed by atoms with Crippen molar-refractivity contribution < 1.29 is 4.21 Å². The fourth-order valence-corrected chi connectivity index (χ4v) is 3.67. The highest BCUT2D eigenvalue weighted by atomic mass is 32.2. The van der Waals surface area contributed by atoms with E-state index in [9.17, 15) is 4.21 Å². The molecule has 0 heterocycles. The summed E-state index contributed by atoms with van der Waals surface area (Å²) in [6, 6.07) is 7.25. The van der Waals surface area contributed by atoms with E-state index >= 15 is 0 Å². The average Bonchev–Trinajstić information content (AvgIpc) is 2.27. The molecule has 0 saturated heterocycles. The van der Waals surface area contributed by atoms with Crippen LogP contribution in [0.5, 0.6) is 0 Å². The number of benzene rings is 1. The van der Waals surface area contributed by atoms with Gasteiger partial charge in [-0.05, 0) is 45.4 Å². The van der Waals surface area contributed by atoms with E-state index in [1.54, 1.807) is 24.3 Å². The van der Waals surface area contributed by atoms with Gasteiger partial charge in [-0.3, -0.25) is 0 Å². The molecule has 0 aliphatic rings. The third-order valence-corrected chi connectivity index (χ3v) is 4.83. The van der Waals surface area contributed by atoms with Crippen molar-refractivity contribution in [1.82, 2.24) is 4.72 Å². The van der Waals surface area contributed by atoms with Crippen LogP contribution in [0.25, 0.3) is 0 Å². The lowest BCUT2D eigenvalue weighted by Crippen LogP contribution is -2.31. The van der Waals surface area contributed by atoms with Crippen LogP contribution in [0.15, 0.2) is 33.5 Å². The summed E-state index contributed by atoms with van der Waals surface area (Å²) in [5.41, 5.74) is 6.36. The Kier molecular flexibility index (Phi) is 5.16. The first-order valence-corrected chi connectivity index (χ1v) is 7.78. The highest BCUT2D eigenvalue weighted by Crippen LogP contribution is 2.17. The highest BCUT2D eigenvalue weighted by Gasteiger charge is 2.15. The molecule has 102 valence electrons. The molecule has 0 saturated carbocycles. The van der Waals surface area contributed by atoms with Crippen LogP contribution in [-0.4, -0.2) is 16.3 Å². The first-order chi connectivity index (χ1) is 8.37. The van der Waals surface area contributed by atoms with Gasteiger partial charge in [0.2, 0.25) is 0 Å². The van der Waals surface area contributed by atoms with E-state index in [2.05, 4.69) is 9.08 Å². The van der Waals surface area contributed by atoms with Crippen molar-refractivity contribution in [2.45, 2.75) is 51.1 Å². The quantitative estimate of drug-likeness (QED) is 0.807. The molecule has 0 fully saturated rings. The number of rotatable bonds is 5. The molecule has 0 aliphatic carbocycles. The van der Waals surface area contributed by atoms with Gasteiger partial charge in [-0.2, -0.15) is 0 Å². The zero-order chi connectivity index (χ0) is 13.8. The molecule has 2 unspecified atom stereocenters. The van der Waals surface area contributed by atoms with Crippen LogP contribution in [0.4, 0.5) is 5.69 Å². The minimum absolute atomic E-state index is 0.0465. The molecular weight excluding hydrogens is 246 g/mol. The molecule has 0 radical (unpaired) electrons. The Morgan fingerprint density at radius 1 is 1.39 bits per heavy atom. The standard InChI is InChI=1S/C13H23N3OS/c1-5-11(4)16-18(17,15-10(2)3)13-8-6-7-12(14)9-13/h6-11H,5,14H2,1-4H3,(H,15,16,17). The molecule has 5 heteroatoms. The third kappa shape index (κ3) is 3.99. The number of anilines is 1. The number of nitrogens with zero attached hydrogens (tertiary/aromatic N) is 1. The van der Waals surface area contributed by atoms with Crippen molar-refractivity contribution >= 4 is 15.6 Å². The fraction of sp³-hybridized carbons (Fsp3) is 0.538. The first kappa shape index (κ1) is 15.0. The van der Waals surface area contributed by atoms with E-state index in [1.165, 1.54) is 0 Å². The predicted molar refractivity (Wildman–Crippen MR) is 77.7 cm³/mol. The molecule has 4 nitrogen and oxygen atoms in total. The van der Waals surface area contributed by atoms with Gasteiger partial charge < -0.3 is 5.73 Å². The Hall–Kier alpha value is -1.07. The summed E-state index contributed by atoms with van der Waals surface area (Å²) in [4.78, 5) is 0.650. The van der Waals surface area contributed by atoms with Crippen LogP contribution in [0.1, 0.15) is 34.1 Å². The largest absolute Gasteiger partial charge is 0.399 e.